The van der Waals surface area contributed by atoms with E-state index in [0.29, 0.717) is 10.0 Å². The summed E-state index contributed by atoms with van der Waals surface area (Å²) in [6.07, 6.45) is -2.55. The molecule has 0 aliphatic rings. The van der Waals surface area contributed by atoms with Crippen LogP contribution in [0.4, 0.5) is 8.78 Å². The first-order valence-electron chi connectivity index (χ1n) is 3.51. The number of nitrogens with two attached hydrogens (primary N) is 1. The van der Waals surface area contributed by atoms with Gasteiger partial charge in [0.2, 0.25) is 0 Å². The topological polar surface area (TPSA) is 26.0 Å². The van der Waals surface area contributed by atoms with Gasteiger partial charge in [0.05, 0.1) is 6.04 Å². The molecular weight excluding hydrogens is 308 g/mol. The van der Waals surface area contributed by atoms with E-state index in [0.717, 1.165) is 4.47 Å². The van der Waals surface area contributed by atoms with Crippen molar-refractivity contribution in [3.8, 4) is 0 Å². The Morgan fingerprint density at radius 3 is 2.38 bits per heavy atom. The van der Waals surface area contributed by atoms with E-state index in [4.69, 9.17) is 5.73 Å². The molecule has 1 nitrogen and oxygen atoms in total. The van der Waals surface area contributed by atoms with Crippen molar-refractivity contribution in [3.63, 3.8) is 0 Å². The van der Waals surface area contributed by atoms with Crippen LogP contribution in [0, 0.1) is 0 Å². The summed E-state index contributed by atoms with van der Waals surface area (Å²) in [4.78, 5) is 0. The fourth-order valence-corrected chi connectivity index (χ4v) is 1.80. The normalized spacial score (nSPS) is 13.4. The Morgan fingerprint density at radius 2 is 1.85 bits per heavy atom. The van der Waals surface area contributed by atoms with E-state index in [1.807, 2.05) is 0 Å². The molecule has 1 atom stereocenters. The van der Waals surface area contributed by atoms with Crippen molar-refractivity contribution in [2.24, 2.45) is 5.73 Å². The van der Waals surface area contributed by atoms with Crippen LogP contribution in [-0.2, 0) is 0 Å². The highest BCUT2D eigenvalue weighted by Gasteiger charge is 2.19. The van der Waals surface area contributed by atoms with Crippen molar-refractivity contribution >= 4 is 31.9 Å². The number of rotatable bonds is 2. The molecule has 0 unspecified atom stereocenters. The molecule has 0 aliphatic heterocycles. The summed E-state index contributed by atoms with van der Waals surface area (Å²) in [5.74, 6) is 0. The van der Waals surface area contributed by atoms with Gasteiger partial charge in [0, 0.05) is 8.95 Å². The first-order chi connectivity index (χ1) is 6.02. The molecule has 72 valence electrons. The first-order valence-corrected chi connectivity index (χ1v) is 5.09. The Bertz CT molecular complexity index is 304. The van der Waals surface area contributed by atoms with Gasteiger partial charge in [-0.1, -0.05) is 31.9 Å². The van der Waals surface area contributed by atoms with Gasteiger partial charge >= 0.3 is 0 Å². The molecule has 0 bridgehead atoms. The number of hydrogen-bond donors (Lipinski definition) is 1. The highest BCUT2D eigenvalue weighted by molar-refractivity contribution is 9.11. The van der Waals surface area contributed by atoms with E-state index in [1.54, 1.807) is 18.2 Å². The second kappa shape index (κ2) is 4.48. The average molecular weight is 315 g/mol. The molecule has 5 heteroatoms. The third-order valence-electron chi connectivity index (χ3n) is 1.59. The molecule has 2 N–H and O–H groups in total. The summed E-state index contributed by atoms with van der Waals surface area (Å²) in [5.41, 5.74) is 5.71. The van der Waals surface area contributed by atoms with Crippen LogP contribution in [-0.4, -0.2) is 6.43 Å². The van der Waals surface area contributed by atoms with E-state index in [9.17, 15) is 8.78 Å². The van der Waals surface area contributed by atoms with Crippen LogP contribution in [0.15, 0.2) is 27.1 Å². The lowest BCUT2D eigenvalue weighted by Crippen LogP contribution is -2.19. The fraction of sp³-hybridized carbons (Fsp3) is 0.250. The molecule has 0 saturated carbocycles. The summed E-state index contributed by atoms with van der Waals surface area (Å²) in [6, 6.07) is 3.78. The number of halogens is 4. The van der Waals surface area contributed by atoms with Crippen LogP contribution < -0.4 is 5.73 Å². The number of hydrogen-bond acceptors (Lipinski definition) is 1. The SMILES string of the molecule is N[C@H](c1cc(Br)ccc1Br)C(F)F. The van der Waals surface area contributed by atoms with E-state index in [2.05, 4.69) is 31.9 Å². The lowest BCUT2D eigenvalue weighted by Gasteiger charge is -2.12. The van der Waals surface area contributed by atoms with Gasteiger partial charge in [-0.25, -0.2) is 8.78 Å². The first kappa shape index (κ1) is 11.1. The van der Waals surface area contributed by atoms with Crippen LogP contribution >= 0.6 is 31.9 Å². The quantitative estimate of drug-likeness (QED) is 0.888. The summed E-state index contributed by atoms with van der Waals surface area (Å²) >= 11 is 6.36. The molecule has 0 amide bonds. The Balaban J connectivity index is 3.05. The average Bonchev–Trinajstić information content (AvgIpc) is 2.08. The van der Waals surface area contributed by atoms with E-state index >= 15 is 0 Å². The van der Waals surface area contributed by atoms with E-state index in [-0.39, 0.29) is 0 Å². The molecule has 0 heterocycles. The van der Waals surface area contributed by atoms with Gasteiger partial charge in [-0.05, 0) is 23.8 Å². The Kier molecular flexibility index (Phi) is 3.82. The maximum absolute atomic E-state index is 12.3. The fourth-order valence-electron chi connectivity index (χ4n) is 0.906. The van der Waals surface area contributed by atoms with Gasteiger partial charge in [0.1, 0.15) is 0 Å². The predicted molar refractivity (Wildman–Crippen MR) is 54.8 cm³/mol. The Morgan fingerprint density at radius 1 is 1.23 bits per heavy atom. The smallest absolute Gasteiger partial charge is 0.257 e. The van der Waals surface area contributed by atoms with Crippen LogP contribution in [0.3, 0.4) is 0 Å². The molecule has 0 radical (unpaired) electrons. The van der Waals surface area contributed by atoms with E-state index in [1.165, 1.54) is 0 Å². The van der Waals surface area contributed by atoms with Gasteiger partial charge in [-0.3, -0.25) is 0 Å². The Labute approximate surface area is 91.6 Å². The van der Waals surface area contributed by atoms with Crippen molar-refractivity contribution in [1.82, 2.24) is 0 Å². The van der Waals surface area contributed by atoms with Crippen molar-refractivity contribution in [2.45, 2.75) is 12.5 Å². The van der Waals surface area contributed by atoms with Crippen molar-refractivity contribution < 1.29 is 8.78 Å². The molecule has 13 heavy (non-hydrogen) atoms. The zero-order valence-corrected chi connectivity index (χ0v) is 9.65. The van der Waals surface area contributed by atoms with Crippen LogP contribution in [0.2, 0.25) is 0 Å². The monoisotopic (exact) mass is 313 g/mol. The minimum absolute atomic E-state index is 0.407. The second-order valence-corrected chi connectivity index (χ2v) is 4.30. The molecule has 0 spiro atoms. The number of alkyl halides is 2. The maximum Gasteiger partial charge on any atom is 0.257 e. The van der Waals surface area contributed by atoms with Gasteiger partial charge < -0.3 is 5.73 Å². The molecule has 1 aromatic rings. The Hall–Kier alpha value is -0.000000000000000111. The third-order valence-corrected chi connectivity index (χ3v) is 2.80. The zero-order chi connectivity index (χ0) is 10.0. The highest BCUT2D eigenvalue weighted by atomic mass is 79.9. The minimum Gasteiger partial charge on any atom is -0.319 e. The molecule has 1 rings (SSSR count). The van der Waals surface area contributed by atoms with Gasteiger partial charge in [0.25, 0.3) is 6.43 Å². The predicted octanol–water partition coefficient (Wildman–Crippen LogP) is 3.48. The summed E-state index contributed by atoms with van der Waals surface area (Å²) in [5, 5.41) is 0. The summed E-state index contributed by atoms with van der Waals surface area (Å²) < 4.78 is 25.9. The van der Waals surface area contributed by atoms with E-state index < -0.39 is 12.5 Å². The highest BCUT2D eigenvalue weighted by Crippen LogP contribution is 2.28. The molecule has 0 saturated heterocycles. The van der Waals surface area contributed by atoms with Gasteiger partial charge in [-0.15, -0.1) is 0 Å². The second-order valence-electron chi connectivity index (χ2n) is 2.53. The van der Waals surface area contributed by atoms with Crippen LogP contribution in [0.25, 0.3) is 0 Å². The van der Waals surface area contributed by atoms with Crippen LogP contribution in [0.5, 0.6) is 0 Å². The molecule has 0 aromatic heterocycles. The number of benzene rings is 1. The molecule has 0 fully saturated rings. The molecule has 1 aromatic carbocycles. The maximum atomic E-state index is 12.3. The lowest BCUT2D eigenvalue weighted by atomic mass is 10.1. The zero-order valence-electron chi connectivity index (χ0n) is 6.48. The summed E-state index contributed by atoms with van der Waals surface area (Å²) in [7, 11) is 0. The molecule has 0 aliphatic carbocycles. The summed E-state index contributed by atoms with van der Waals surface area (Å²) in [6.45, 7) is 0. The van der Waals surface area contributed by atoms with Crippen LogP contribution in [0.1, 0.15) is 11.6 Å². The standard InChI is InChI=1S/C8H7Br2F2N/c9-4-1-2-6(10)5(3-4)7(13)8(11)12/h1-3,7-8H,13H2/t7-/m1/s1. The molecular formula is C8H7Br2F2N. The lowest BCUT2D eigenvalue weighted by molar-refractivity contribution is 0.116. The van der Waals surface area contributed by atoms with Crippen molar-refractivity contribution in [3.05, 3.63) is 32.7 Å². The van der Waals surface area contributed by atoms with Gasteiger partial charge in [0.15, 0.2) is 0 Å². The minimum atomic E-state index is -2.55. The third kappa shape index (κ3) is 2.72. The van der Waals surface area contributed by atoms with Gasteiger partial charge in [-0.2, -0.15) is 0 Å². The van der Waals surface area contributed by atoms with Crippen molar-refractivity contribution in [2.75, 3.05) is 0 Å². The largest absolute Gasteiger partial charge is 0.319 e. The van der Waals surface area contributed by atoms with Crippen molar-refractivity contribution in [1.29, 1.82) is 0 Å².